The second-order valence-electron chi connectivity index (χ2n) is 8.78. The summed E-state index contributed by atoms with van der Waals surface area (Å²) in [6.07, 6.45) is 19.4. The maximum atomic E-state index is 12.5. The number of phenolic OH excluding ortho intramolecular Hbond substituents is 1. The second-order valence-corrected chi connectivity index (χ2v) is 9.57. The molecule has 192 valence electrons. The minimum absolute atomic E-state index is 0.00161. The Morgan fingerprint density at radius 2 is 1.44 bits per heavy atom. The fraction of sp³-hybridized carbons (Fsp3) is 0.667. The largest absolute Gasteiger partial charge is 0.507 e. The van der Waals surface area contributed by atoms with E-state index in [2.05, 4.69) is 23.4 Å². The number of aromatic amines is 1. The number of benzene rings is 1. The lowest BCUT2D eigenvalue weighted by atomic mass is 10.0. The number of H-pyrrole nitrogens is 1. The number of nitrogens with zero attached hydrogens (tertiary/aromatic N) is 1. The quantitative estimate of drug-likeness (QED) is 0.175. The zero-order valence-electron chi connectivity index (χ0n) is 21.1. The van der Waals surface area contributed by atoms with E-state index in [4.69, 9.17) is 4.74 Å². The Bertz CT molecular complexity index is 789. The first-order chi connectivity index (χ1) is 16.6. The van der Waals surface area contributed by atoms with Gasteiger partial charge in [0.1, 0.15) is 23.6 Å². The van der Waals surface area contributed by atoms with Crippen molar-refractivity contribution in [3.63, 3.8) is 0 Å². The Morgan fingerprint density at radius 1 is 0.912 bits per heavy atom. The lowest BCUT2D eigenvalue weighted by molar-refractivity contribution is 0.0246. The van der Waals surface area contributed by atoms with E-state index in [-0.39, 0.29) is 22.2 Å². The highest BCUT2D eigenvalue weighted by Gasteiger charge is 2.18. The lowest BCUT2D eigenvalue weighted by Gasteiger charge is -2.18. The number of para-hydroxylation sites is 1. The summed E-state index contributed by atoms with van der Waals surface area (Å²) < 4.78 is 8.17. The number of carbonyl (C=O) groups excluding carboxylic acids is 1. The second kappa shape index (κ2) is 20.2. The number of aromatic hydroxyl groups is 1. The molecule has 1 aromatic carbocycles. The van der Waals surface area contributed by atoms with Gasteiger partial charge in [-0.1, -0.05) is 96.6 Å². The van der Waals surface area contributed by atoms with Crippen molar-refractivity contribution < 1.29 is 14.6 Å². The van der Waals surface area contributed by atoms with Gasteiger partial charge < -0.3 is 9.84 Å². The average molecular weight is 493 g/mol. The summed E-state index contributed by atoms with van der Waals surface area (Å²) in [5.74, 6) is -0.390. The Morgan fingerprint density at radius 3 is 1.88 bits per heavy atom. The van der Waals surface area contributed by atoms with Gasteiger partial charge in [0.25, 0.3) is 4.74 Å². The van der Waals surface area contributed by atoms with Gasteiger partial charge in [0.15, 0.2) is 0 Å². The molecule has 0 fully saturated rings. The summed E-state index contributed by atoms with van der Waals surface area (Å²) in [4.78, 5) is 22.5. The van der Waals surface area contributed by atoms with Crippen LogP contribution in [-0.2, 0) is 4.74 Å². The van der Waals surface area contributed by atoms with Crippen LogP contribution in [0.25, 0.3) is 0 Å². The molecule has 1 heterocycles. The predicted molar refractivity (Wildman–Crippen MR) is 141 cm³/mol. The molecular weight excluding hydrogens is 448 g/mol. The first-order valence-electron chi connectivity index (χ1n) is 13.1. The van der Waals surface area contributed by atoms with Gasteiger partial charge >= 0.3 is 5.97 Å². The molecule has 0 saturated heterocycles. The molecule has 0 spiro atoms. The maximum absolute atomic E-state index is 12.5. The van der Waals surface area contributed by atoms with Crippen LogP contribution in [0.4, 0.5) is 0 Å². The summed E-state index contributed by atoms with van der Waals surface area (Å²) in [7, 11) is 0. The predicted octanol–water partition coefficient (Wildman–Crippen LogP) is 7.64. The van der Waals surface area contributed by atoms with Crippen molar-refractivity contribution in [3.05, 3.63) is 45.6 Å². The van der Waals surface area contributed by atoms with Crippen LogP contribution in [0.1, 0.15) is 121 Å². The highest BCUT2D eigenvalue weighted by Crippen LogP contribution is 2.21. The van der Waals surface area contributed by atoms with Gasteiger partial charge in [-0.3, -0.25) is 4.79 Å². The van der Waals surface area contributed by atoms with E-state index >= 15 is 0 Å². The Balaban J connectivity index is 0.000000830. The summed E-state index contributed by atoms with van der Waals surface area (Å²) in [6, 6.07) is 6.65. The minimum atomic E-state index is -0.392. The molecule has 2 rings (SSSR count). The highest BCUT2D eigenvalue weighted by molar-refractivity contribution is 7.02. The molecule has 2 aromatic rings. The number of phenols is 1. The SMILES string of the molecule is CCCCCCCCCC(CCCCCCCC)OC(=O)c1ccccc1O.O=c1cn[nH]s1. The molecule has 2 N–H and O–H groups in total. The molecule has 0 aliphatic carbocycles. The normalized spacial score (nSPS) is 11.5. The summed E-state index contributed by atoms with van der Waals surface area (Å²) in [5, 5.41) is 13.3. The van der Waals surface area contributed by atoms with E-state index in [0.717, 1.165) is 37.2 Å². The van der Waals surface area contributed by atoms with Crippen molar-refractivity contribution in [2.45, 2.75) is 116 Å². The molecule has 0 bridgehead atoms. The third-order valence-corrected chi connectivity index (χ3v) is 6.28. The van der Waals surface area contributed by atoms with Crippen molar-refractivity contribution in [1.29, 1.82) is 0 Å². The minimum Gasteiger partial charge on any atom is -0.507 e. The van der Waals surface area contributed by atoms with Gasteiger partial charge in [-0.05, 0) is 37.8 Å². The zero-order chi connectivity index (χ0) is 24.9. The van der Waals surface area contributed by atoms with Gasteiger partial charge in [0, 0.05) is 11.5 Å². The number of carbonyl (C=O) groups is 1. The van der Waals surface area contributed by atoms with Crippen LogP contribution >= 0.6 is 11.5 Å². The van der Waals surface area contributed by atoms with Crippen molar-refractivity contribution in [1.82, 2.24) is 9.59 Å². The van der Waals surface area contributed by atoms with Gasteiger partial charge in [-0.2, -0.15) is 5.10 Å². The standard InChI is InChI=1S/C25H42O3.C2H2N2OS/c1-3-5-7-9-11-13-15-19-22(18-14-12-10-8-6-4-2)28-25(27)23-20-16-17-21-24(23)26;5-2-1-3-4-6-2/h16-17,20-22,26H,3-15,18-19H2,1-2H3;1,4H. The summed E-state index contributed by atoms with van der Waals surface area (Å²) in [6.45, 7) is 4.47. The zero-order valence-corrected chi connectivity index (χ0v) is 21.9. The first-order valence-corrected chi connectivity index (χ1v) is 13.9. The molecule has 0 saturated carbocycles. The molecule has 0 aliphatic heterocycles. The van der Waals surface area contributed by atoms with E-state index in [1.54, 1.807) is 18.2 Å². The maximum Gasteiger partial charge on any atom is 0.342 e. The van der Waals surface area contributed by atoms with Crippen LogP contribution in [0, 0.1) is 0 Å². The summed E-state index contributed by atoms with van der Waals surface area (Å²) in [5.41, 5.74) is 0.273. The molecular formula is C27H44N2O4S. The Hall–Kier alpha value is -2.15. The van der Waals surface area contributed by atoms with Crippen LogP contribution in [-0.4, -0.2) is 26.8 Å². The number of nitrogens with one attached hydrogen (secondary N) is 1. The van der Waals surface area contributed by atoms with Gasteiger partial charge in [0.05, 0.1) is 0 Å². The topological polar surface area (TPSA) is 92.3 Å². The highest BCUT2D eigenvalue weighted by atomic mass is 32.1. The number of ether oxygens (including phenoxy) is 1. The lowest BCUT2D eigenvalue weighted by Crippen LogP contribution is -2.18. The Labute approximate surface area is 209 Å². The molecule has 0 radical (unpaired) electrons. The van der Waals surface area contributed by atoms with Crippen molar-refractivity contribution >= 4 is 17.5 Å². The monoisotopic (exact) mass is 492 g/mol. The molecule has 1 unspecified atom stereocenters. The molecule has 0 aliphatic rings. The number of aromatic nitrogens is 2. The average Bonchev–Trinajstić information content (AvgIpc) is 3.32. The third-order valence-electron chi connectivity index (χ3n) is 5.78. The molecule has 0 amide bonds. The summed E-state index contributed by atoms with van der Waals surface area (Å²) >= 11 is 0.986. The number of unbranched alkanes of at least 4 members (excludes halogenated alkanes) is 11. The van der Waals surface area contributed by atoms with Gasteiger partial charge in [0.2, 0.25) is 0 Å². The molecule has 6 nitrogen and oxygen atoms in total. The van der Waals surface area contributed by atoms with E-state index in [0.29, 0.717) is 0 Å². The van der Waals surface area contributed by atoms with Crippen LogP contribution in [0.3, 0.4) is 0 Å². The van der Waals surface area contributed by atoms with Gasteiger partial charge in [-0.15, -0.1) is 0 Å². The van der Waals surface area contributed by atoms with Crippen molar-refractivity contribution in [2.24, 2.45) is 0 Å². The first kappa shape index (κ1) is 29.9. The van der Waals surface area contributed by atoms with Crippen molar-refractivity contribution in [3.8, 4) is 5.75 Å². The third kappa shape index (κ3) is 14.9. The van der Waals surface area contributed by atoms with Crippen LogP contribution < -0.4 is 4.74 Å². The van der Waals surface area contributed by atoms with E-state index in [1.807, 2.05) is 0 Å². The number of esters is 1. The Kier molecular flexibility index (Phi) is 17.8. The number of hydrogen-bond acceptors (Lipinski definition) is 6. The molecule has 1 aromatic heterocycles. The fourth-order valence-electron chi connectivity index (χ4n) is 3.78. The van der Waals surface area contributed by atoms with Crippen molar-refractivity contribution in [2.75, 3.05) is 0 Å². The van der Waals surface area contributed by atoms with E-state index in [1.165, 1.54) is 82.9 Å². The van der Waals surface area contributed by atoms with E-state index in [9.17, 15) is 14.7 Å². The van der Waals surface area contributed by atoms with Crippen LogP contribution in [0.2, 0.25) is 0 Å². The van der Waals surface area contributed by atoms with Gasteiger partial charge in [-0.25, -0.2) is 9.28 Å². The number of hydrogen-bond donors (Lipinski definition) is 2. The van der Waals surface area contributed by atoms with E-state index < -0.39 is 5.97 Å². The van der Waals surface area contributed by atoms with Crippen LogP contribution in [0.15, 0.2) is 35.3 Å². The number of rotatable bonds is 17. The van der Waals surface area contributed by atoms with Crippen LogP contribution in [0.5, 0.6) is 5.75 Å². The smallest absolute Gasteiger partial charge is 0.342 e. The molecule has 34 heavy (non-hydrogen) atoms. The fourth-order valence-corrected chi connectivity index (χ4v) is 4.08. The molecule has 1 atom stereocenters. The molecule has 7 heteroatoms.